The number of amides is 1. The summed E-state index contributed by atoms with van der Waals surface area (Å²) in [5.41, 5.74) is 5.96. The molecule has 1 aromatic rings. The molecule has 0 radical (unpaired) electrons. The zero-order valence-corrected chi connectivity index (χ0v) is 15.5. The quantitative estimate of drug-likeness (QED) is 0.900. The Morgan fingerprint density at radius 3 is 2.54 bits per heavy atom. The third-order valence-corrected chi connectivity index (χ3v) is 4.96. The van der Waals surface area contributed by atoms with E-state index in [2.05, 4.69) is 16.0 Å². The molecule has 1 aliphatic rings. The van der Waals surface area contributed by atoms with Gasteiger partial charge in [0.2, 0.25) is 5.91 Å². The van der Waals surface area contributed by atoms with Gasteiger partial charge in [-0.15, -0.1) is 0 Å². The van der Waals surface area contributed by atoms with Crippen molar-refractivity contribution in [3.8, 4) is 0 Å². The van der Waals surface area contributed by atoms with Gasteiger partial charge in [0.25, 0.3) is 0 Å². The van der Waals surface area contributed by atoms with Crippen LogP contribution in [0.25, 0.3) is 0 Å². The van der Waals surface area contributed by atoms with Crippen LogP contribution in [0.3, 0.4) is 0 Å². The fraction of sp³-hybridized carbons (Fsp3) is 0.684. The number of pyridine rings is 1. The Kier molecular flexibility index (Phi) is 6.21. The number of piperidine rings is 1. The van der Waals surface area contributed by atoms with Gasteiger partial charge in [0.15, 0.2) is 0 Å². The molecule has 1 aliphatic heterocycles. The zero-order valence-electron chi connectivity index (χ0n) is 15.5. The Morgan fingerprint density at radius 1 is 1.38 bits per heavy atom. The molecule has 1 atom stereocenters. The minimum absolute atomic E-state index is 0.0807. The van der Waals surface area contributed by atoms with Crippen LogP contribution in [-0.4, -0.2) is 48.0 Å². The van der Waals surface area contributed by atoms with Crippen molar-refractivity contribution in [3.63, 3.8) is 0 Å². The molecule has 0 spiro atoms. The molecular formula is C19H32N4O. The molecule has 0 bridgehead atoms. The maximum Gasteiger partial charge on any atom is 0.240 e. The van der Waals surface area contributed by atoms with Gasteiger partial charge in [0, 0.05) is 32.4 Å². The predicted molar refractivity (Wildman–Crippen MR) is 98.9 cm³/mol. The van der Waals surface area contributed by atoms with Crippen molar-refractivity contribution in [2.45, 2.75) is 46.6 Å². The molecule has 24 heavy (non-hydrogen) atoms. The molecule has 2 N–H and O–H groups in total. The molecule has 0 aromatic carbocycles. The first-order valence-corrected chi connectivity index (χ1v) is 9.03. The van der Waals surface area contributed by atoms with Gasteiger partial charge in [-0.25, -0.2) is 4.98 Å². The maximum atomic E-state index is 12.7. The second-order valence-corrected chi connectivity index (χ2v) is 7.84. The Labute approximate surface area is 146 Å². The molecule has 1 fully saturated rings. The van der Waals surface area contributed by atoms with Gasteiger partial charge in [0.05, 0.1) is 6.04 Å². The van der Waals surface area contributed by atoms with E-state index in [0.29, 0.717) is 5.92 Å². The molecule has 2 heterocycles. The van der Waals surface area contributed by atoms with Crippen LogP contribution in [0.5, 0.6) is 0 Å². The average Bonchev–Trinajstić information content (AvgIpc) is 2.59. The van der Waals surface area contributed by atoms with Gasteiger partial charge >= 0.3 is 0 Å². The number of rotatable bonds is 5. The van der Waals surface area contributed by atoms with E-state index in [-0.39, 0.29) is 11.3 Å². The lowest BCUT2D eigenvalue weighted by Gasteiger charge is -2.37. The number of carbonyl (C=O) groups excluding carboxylic acids is 1. The van der Waals surface area contributed by atoms with Gasteiger partial charge in [-0.1, -0.05) is 26.8 Å². The number of likely N-dealkylation sites (N-methyl/N-ethyl adjacent to an activating group) is 1. The van der Waals surface area contributed by atoms with Crippen LogP contribution in [0.2, 0.25) is 0 Å². The van der Waals surface area contributed by atoms with Crippen molar-refractivity contribution in [2.75, 3.05) is 31.1 Å². The summed E-state index contributed by atoms with van der Waals surface area (Å²) in [5.74, 6) is 1.67. The van der Waals surface area contributed by atoms with Crippen LogP contribution in [0, 0.1) is 11.3 Å². The lowest BCUT2D eigenvalue weighted by Crippen LogP contribution is -2.52. The van der Waals surface area contributed by atoms with Crippen LogP contribution in [0.1, 0.15) is 40.5 Å². The van der Waals surface area contributed by atoms with Crippen molar-refractivity contribution in [2.24, 2.45) is 17.1 Å². The van der Waals surface area contributed by atoms with Gasteiger partial charge in [-0.3, -0.25) is 4.79 Å². The number of anilines is 1. The Hall–Kier alpha value is -1.62. The summed E-state index contributed by atoms with van der Waals surface area (Å²) in [4.78, 5) is 21.4. The van der Waals surface area contributed by atoms with E-state index < -0.39 is 6.04 Å². The number of hydrogen-bond acceptors (Lipinski definition) is 4. The van der Waals surface area contributed by atoms with Gasteiger partial charge < -0.3 is 15.5 Å². The standard InChI is InChI=1S/C19H32N4O/c1-5-22(18(24)17(20)19(2,3)4)14-15-9-12-23(13-10-15)16-8-6-7-11-21-16/h6-8,11,15,17H,5,9-10,12-14,20H2,1-4H3/t17-/m1/s1. The monoisotopic (exact) mass is 332 g/mol. The molecule has 5 nitrogen and oxygen atoms in total. The van der Waals surface area contributed by atoms with Crippen molar-refractivity contribution < 1.29 is 4.79 Å². The lowest BCUT2D eigenvalue weighted by atomic mass is 9.86. The van der Waals surface area contributed by atoms with Crippen molar-refractivity contribution in [1.29, 1.82) is 0 Å². The fourth-order valence-corrected chi connectivity index (χ4v) is 3.14. The Balaban J connectivity index is 1.88. The summed E-state index contributed by atoms with van der Waals surface area (Å²) >= 11 is 0. The van der Waals surface area contributed by atoms with E-state index in [1.54, 1.807) is 0 Å². The molecule has 1 saturated heterocycles. The highest BCUT2D eigenvalue weighted by atomic mass is 16.2. The van der Waals surface area contributed by atoms with E-state index in [1.165, 1.54) is 0 Å². The highest BCUT2D eigenvalue weighted by molar-refractivity contribution is 5.82. The third-order valence-electron chi connectivity index (χ3n) is 4.96. The molecule has 0 aliphatic carbocycles. The van der Waals surface area contributed by atoms with Gasteiger partial charge in [0.1, 0.15) is 5.82 Å². The van der Waals surface area contributed by atoms with Crippen LogP contribution in [0.15, 0.2) is 24.4 Å². The molecule has 134 valence electrons. The van der Waals surface area contributed by atoms with Gasteiger partial charge in [-0.2, -0.15) is 0 Å². The van der Waals surface area contributed by atoms with Crippen molar-refractivity contribution >= 4 is 11.7 Å². The lowest BCUT2D eigenvalue weighted by molar-refractivity contribution is -0.135. The molecule has 1 aromatic heterocycles. The number of carbonyl (C=O) groups is 1. The molecule has 0 unspecified atom stereocenters. The number of aromatic nitrogens is 1. The second kappa shape index (κ2) is 7.97. The molecule has 5 heteroatoms. The van der Waals surface area contributed by atoms with Crippen LogP contribution in [-0.2, 0) is 4.79 Å². The summed E-state index contributed by atoms with van der Waals surface area (Å²) in [7, 11) is 0. The third kappa shape index (κ3) is 4.69. The second-order valence-electron chi connectivity index (χ2n) is 7.84. The highest BCUT2D eigenvalue weighted by Crippen LogP contribution is 2.24. The molecule has 0 saturated carbocycles. The van der Waals surface area contributed by atoms with E-state index >= 15 is 0 Å². The summed E-state index contributed by atoms with van der Waals surface area (Å²) in [6.45, 7) is 11.6. The van der Waals surface area contributed by atoms with E-state index in [0.717, 1.165) is 44.8 Å². The first-order valence-electron chi connectivity index (χ1n) is 9.03. The Morgan fingerprint density at radius 2 is 2.04 bits per heavy atom. The van der Waals surface area contributed by atoms with Gasteiger partial charge in [-0.05, 0) is 43.2 Å². The minimum atomic E-state index is -0.439. The number of nitrogens with zero attached hydrogens (tertiary/aromatic N) is 3. The smallest absolute Gasteiger partial charge is 0.240 e. The van der Waals surface area contributed by atoms with E-state index in [1.807, 2.05) is 50.9 Å². The van der Waals surface area contributed by atoms with Crippen LogP contribution >= 0.6 is 0 Å². The van der Waals surface area contributed by atoms with Crippen LogP contribution in [0.4, 0.5) is 5.82 Å². The zero-order chi connectivity index (χ0) is 17.7. The normalized spacial score (nSPS) is 17.6. The summed E-state index contributed by atoms with van der Waals surface area (Å²) < 4.78 is 0. The minimum Gasteiger partial charge on any atom is -0.357 e. The first kappa shape index (κ1) is 18.7. The summed E-state index contributed by atoms with van der Waals surface area (Å²) in [6, 6.07) is 5.59. The number of hydrogen-bond donors (Lipinski definition) is 1. The molecule has 1 amide bonds. The van der Waals surface area contributed by atoms with E-state index in [4.69, 9.17) is 5.73 Å². The highest BCUT2D eigenvalue weighted by Gasteiger charge is 2.32. The maximum absolute atomic E-state index is 12.7. The molecule has 2 rings (SSSR count). The van der Waals surface area contributed by atoms with Crippen molar-refractivity contribution in [1.82, 2.24) is 9.88 Å². The van der Waals surface area contributed by atoms with Crippen molar-refractivity contribution in [3.05, 3.63) is 24.4 Å². The fourth-order valence-electron chi connectivity index (χ4n) is 3.14. The summed E-state index contributed by atoms with van der Waals surface area (Å²) in [6.07, 6.45) is 4.02. The summed E-state index contributed by atoms with van der Waals surface area (Å²) in [5, 5.41) is 0. The average molecular weight is 332 g/mol. The topological polar surface area (TPSA) is 62.5 Å². The molecular weight excluding hydrogens is 300 g/mol. The largest absolute Gasteiger partial charge is 0.357 e. The van der Waals surface area contributed by atoms with Crippen LogP contribution < -0.4 is 10.6 Å². The Bertz CT molecular complexity index is 518. The number of nitrogens with two attached hydrogens (primary N) is 1. The predicted octanol–water partition coefficient (Wildman–Crippen LogP) is 2.52. The van der Waals surface area contributed by atoms with E-state index in [9.17, 15) is 4.79 Å². The first-order chi connectivity index (χ1) is 11.3. The SMILES string of the molecule is CCN(CC1CCN(c2ccccn2)CC1)C(=O)[C@@H](N)C(C)(C)C.